The Hall–Kier alpha value is -2.33. The smallest absolute Gasteiger partial charge is 0.261 e. The van der Waals surface area contributed by atoms with Crippen molar-refractivity contribution in [3.8, 4) is 11.1 Å². The van der Waals surface area contributed by atoms with Gasteiger partial charge in [-0.3, -0.25) is 9.69 Å². The first-order chi connectivity index (χ1) is 11.9. The van der Waals surface area contributed by atoms with Gasteiger partial charge in [-0.05, 0) is 59.2 Å². The molecular weight excluding hydrogens is 334 g/mol. The molecule has 5 heteroatoms. The maximum Gasteiger partial charge on any atom is 0.261 e. The molecular formula is C20H20ClN3O. The van der Waals surface area contributed by atoms with Crippen LogP contribution in [0.2, 0.25) is 5.02 Å². The topological polar surface area (TPSA) is 58.7 Å². The van der Waals surface area contributed by atoms with Crippen LogP contribution in [0.15, 0.2) is 47.5 Å². The lowest BCUT2D eigenvalue weighted by Gasteiger charge is -2.37. The Bertz CT molecular complexity index is 908. The zero-order chi connectivity index (χ0) is 17.8. The molecule has 0 fully saturated rings. The molecule has 2 N–H and O–H groups in total. The van der Waals surface area contributed by atoms with Gasteiger partial charge in [0, 0.05) is 12.1 Å². The van der Waals surface area contributed by atoms with Gasteiger partial charge in [0.1, 0.15) is 0 Å². The lowest BCUT2D eigenvalue weighted by molar-refractivity contribution is -0.132. The molecule has 4 rings (SSSR count). The maximum absolute atomic E-state index is 13.1. The van der Waals surface area contributed by atoms with Gasteiger partial charge in [0.05, 0.1) is 0 Å². The molecule has 0 bridgehead atoms. The van der Waals surface area contributed by atoms with Gasteiger partial charge < -0.3 is 5.73 Å². The number of amides is 1. The lowest BCUT2D eigenvalue weighted by Crippen LogP contribution is -2.46. The summed E-state index contributed by atoms with van der Waals surface area (Å²) in [7, 11) is 1.69. The summed E-state index contributed by atoms with van der Waals surface area (Å²) in [5.41, 5.74) is 9.30. The molecule has 25 heavy (non-hydrogen) atoms. The third-order valence-corrected chi connectivity index (χ3v) is 5.74. The van der Waals surface area contributed by atoms with Crippen LogP contribution in [0.5, 0.6) is 0 Å². The van der Waals surface area contributed by atoms with Crippen LogP contribution in [0.4, 0.5) is 0 Å². The Labute approximate surface area is 152 Å². The predicted molar refractivity (Wildman–Crippen MR) is 100 cm³/mol. The molecule has 1 heterocycles. The second kappa shape index (κ2) is 5.60. The first-order valence-corrected chi connectivity index (χ1v) is 8.84. The molecule has 1 aliphatic heterocycles. The van der Waals surface area contributed by atoms with Crippen molar-refractivity contribution in [1.82, 2.24) is 4.90 Å². The van der Waals surface area contributed by atoms with Gasteiger partial charge in [-0.2, -0.15) is 0 Å². The molecule has 1 amide bonds. The van der Waals surface area contributed by atoms with Crippen molar-refractivity contribution in [1.29, 1.82) is 0 Å². The number of carbonyl (C=O) groups is 1. The lowest BCUT2D eigenvalue weighted by atomic mass is 9.69. The standard InChI is InChI=1S/C20H20ClN3O/c1-12-6-7-13-8-9-15(14-4-3-5-16(21)10-14)11-17(13)20(12)18(25)24(2)19(22)23-20/h3-5,8-12H,6-7H2,1-2H3,(H2,22,23). The largest absolute Gasteiger partial charge is 0.369 e. The first kappa shape index (κ1) is 16.2. The molecule has 2 aromatic rings. The van der Waals surface area contributed by atoms with Gasteiger partial charge in [0.25, 0.3) is 5.91 Å². The van der Waals surface area contributed by atoms with Gasteiger partial charge in [-0.25, -0.2) is 4.99 Å². The van der Waals surface area contributed by atoms with Crippen LogP contribution in [0.25, 0.3) is 11.1 Å². The summed E-state index contributed by atoms with van der Waals surface area (Å²) in [5, 5.41) is 0.692. The molecule has 0 saturated heterocycles. The fourth-order valence-electron chi connectivity index (χ4n) is 4.00. The number of rotatable bonds is 1. The van der Waals surface area contributed by atoms with Crippen LogP contribution < -0.4 is 5.73 Å². The minimum absolute atomic E-state index is 0.0401. The van der Waals surface area contributed by atoms with Crippen molar-refractivity contribution in [2.75, 3.05) is 7.05 Å². The van der Waals surface area contributed by atoms with E-state index in [0.29, 0.717) is 5.02 Å². The third kappa shape index (κ3) is 2.28. The molecule has 0 saturated carbocycles. The third-order valence-electron chi connectivity index (χ3n) is 5.50. The van der Waals surface area contributed by atoms with E-state index in [2.05, 4.69) is 30.1 Å². The zero-order valence-electron chi connectivity index (χ0n) is 14.3. The van der Waals surface area contributed by atoms with Crippen molar-refractivity contribution >= 4 is 23.5 Å². The molecule has 2 unspecified atom stereocenters. The number of guanidine groups is 1. The highest BCUT2D eigenvalue weighted by Crippen LogP contribution is 2.47. The van der Waals surface area contributed by atoms with Crippen LogP contribution in [-0.2, 0) is 16.8 Å². The molecule has 1 aliphatic carbocycles. The van der Waals surface area contributed by atoms with Crippen molar-refractivity contribution in [3.05, 3.63) is 58.6 Å². The second-order valence-corrected chi connectivity index (χ2v) is 7.36. The van der Waals surface area contributed by atoms with Gasteiger partial charge in [0.15, 0.2) is 11.5 Å². The van der Waals surface area contributed by atoms with E-state index in [1.54, 1.807) is 7.05 Å². The number of fused-ring (bicyclic) bond motifs is 2. The number of hydrogen-bond acceptors (Lipinski definition) is 3. The number of hydrogen-bond donors (Lipinski definition) is 1. The van der Waals surface area contributed by atoms with Crippen molar-refractivity contribution in [2.24, 2.45) is 16.6 Å². The highest BCUT2D eigenvalue weighted by atomic mass is 35.5. The fraction of sp³-hybridized carbons (Fsp3) is 0.300. The first-order valence-electron chi connectivity index (χ1n) is 8.46. The summed E-state index contributed by atoms with van der Waals surface area (Å²) < 4.78 is 0. The summed E-state index contributed by atoms with van der Waals surface area (Å²) in [6, 6.07) is 14.0. The molecule has 2 atom stereocenters. The number of halogens is 1. The Kier molecular flexibility index (Phi) is 3.62. The van der Waals surface area contributed by atoms with Crippen molar-refractivity contribution in [3.63, 3.8) is 0 Å². The average molecular weight is 354 g/mol. The van der Waals surface area contributed by atoms with E-state index in [1.165, 1.54) is 10.5 Å². The summed E-state index contributed by atoms with van der Waals surface area (Å²) in [5.74, 6) is 0.352. The molecule has 0 radical (unpaired) electrons. The predicted octanol–water partition coefficient (Wildman–Crippen LogP) is 3.57. The van der Waals surface area contributed by atoms with E-state index >= 15 is 0 Å². The Morgan fingerprint density at radius 3 is 2.68 bits per heavy atom. The molecule has 4 nitrogen and oxygen atoms in total. The van der Waals surface area contributed by atoms with E-state index in [9.17, 15) is 4.79 Å². The normalized spacial score (nSPS) is 25.2. The summed E-state index contributed by atoms with van der Waals surface area (Å²) in [4.78, 5) is 19.2. The molecule has 2 aromatic carbocycles. The molecule has 2 aliphatic rings. The number of nitrogens with zero attached hydrogens (tertiary/aromatic N) is 2. The number of aliphatic imine (C=N–C) groups is 1. The van der Waals surface area contributed by atoms with E-state index in [0.717, 1.165) is 29.5 Å². The molecule has 0 aromatic heterocycles. The van der Waals surface area contributed by atoms with E-state index in [4.69, 9.17) is 17.3 Å². The van der Waals surface area contributed by atoms with Crippen LogP contribution in [-0.4, -0.2) is 23.8 Å². The fourth-order valence-corrected chi connectivity index (χ4v) is 4.19. The van der Waals surface area contributed by atoms with Gasteiger partial charge in [-0.15, -0.1) is 0 Å². The van der Waals surface area contributed by atoms with Crippen LogP contribution in [0.1, 0.15) is 24.5 Å². The van der Waals surface area contributed by atoms with Crippen LogP contribution in [0, 0.1) is 5.92 Å². The second-order valence-electron chi connectivity index (χ2n) is 6.92. The minimum atomic E-state index is -0.902. The Morgan fingerprint density at radius 1 is 1.24 bits per heavy atom. The Balaban J connectivity index is 1.92. The quantitative estimate of drug-likeness (QED) is 0.852. The highest BCUT2D eigenvalue weighted by molar-refractivity contribution is 6.30. The van der Waals surface area contributed by atoms with Crippen molar-refractivity contribution in [2.45, 2.75) is 25.3 Å². The van der Waals surface area contributed by atoms with Crippen LogP contribution in [0.3, 0.4) is 0 Å². The summed E-state index contributed by atoms with van der Waals surface area (Å²) in [6.45, 7) is 2.09. The van der Waals surface area contributed by atoms with E-state index < -0.39 is 5.54 Å². The summed E-state index contributed by atoms with van der Waals surface area (Å²) in [6.07, 6.45) is 1.86. The Morgan fingerprint density at radius 2 is 2.00 bits per heavy atom. The average Bonchev–Trinajstić information content (AvgIpc) is 2.83. The molecule has 128 valence electrons. The minimum Gasteiger partial charge on any atom is -0.369 e. The number of likely N-dealkylation sites (N-methyl/N-ethyl adjacent to an activating group) is 1. The van der Waals surface area contributed by atoms with Crippen LogP contribution >= 0.6 is 11.6 Å². The van der Waals surface area contributed by atoms with Crippen molar-refractivity contribution < 1.29 is 4.79 Å². The highest BCUT2D eigenvalue weighted by Gasteiger charge is 2.54. The number of benzene rings is 2. The number of carbonyl (C=O) groups excluding carboxylic acids is 1. The zero-order valence-corrected chi connectivity index (χ0v) is 15.0. The van der Waals surface area contributed by atoms with Gasteiger partial charge >= 0.3 is 0 Å². The maximum atomic E-state index is 13.1. The summed E-state index contributed by atoms with van der Waals surface area (Å²) >= 11 is 6.14. The van der Waals surface area contributed by atoms with E-state index in [-0.39, 0.29) is 17.8 Å². The van der Waals surface area contributed by atoms with Gasteiger partial charge in [-0.1, -0.05) is 42.8 Å². The number of nitrogens with two attached hydrogens (primary N) is 1. The monoisotopic (exact) mass is 353 g/mol. The number of aryl methyl sites for hydroxylation is 1. The van der Waals surface area contributed by atoms with Gasteiger partial charge in [0.2, 0.25) is 0 Å². The van der Waals surface area contributed by atoms with E-state index in [1.807, 2.05) is 24.3 Å². The SMILES string of the molecule is CC1CCc2ccc(-c3cccc(Cl)c3)cc2C12N=C(N)N(C)C2=O. The molecule has 1 spiro atoms.